The fourth-order valence-electron chi connectivity index (χ4n) is 5.04. The number of piperazine rings is 1. The number of benzene rings is 2. The summed E-state index contributed by atoms with van der Waals surface area (Å²) < 4.78 is 7.93. The zero-order valence-corrected chi connectivity index (χ0v) is 26.4. The van der Waals surface area contributed by atoms with Gasteiger partial charge in [-0.05, 0) is 44.2 Å². The number of amides is 1. The van der Waals surface area contributed by atoms with E-state index in [2.05, 4.69) is 61.1 Å². The Morgan fingerprint density at radius 1 is 1.11 bits per heavy atom. The highest BCUT2D eigenvalue weighted by molar-refractivity contribution is 6.33. The number of imidazole rings is 1. The van der Waals surface area contributed by atoms with E-state index < -0.39 is 0 Å². The van der Waals surface area contributed by atoms with Crippen molar-refractivity contribution in [3.8, 4) is 5.75 Å². The van der Waals surface area contributed by atoms with Crippen LogP contribution in [0.5, 0.6) is 5.75 Å². The lowest BCUT2D eigenvalue weighted by Gasteiger charge is -2.39. The number of carbonyl (C=O) groups excluding carboxylic acids is 1. The lowest BCUT2D eigenvalue weighted by Crippen LogP contribution is -2.49. The van der Waals surface area contributed by atoms with Gasteiger partial charge in [0.05, 0.1) is 29.9 Å². The lowest BCUT2D eigenvalue weighted by atomic mass is 10.1. The maximum absolute atomic E-state index is 12.4. The molecule has 1 aliphatic heterocycles. The third-order valence-corrected chi connectivity index (χ3v) is 7.91. The number of nitrogens with one attached hydrogen (secondary N) is 3. The molecule has 45 heavy (non-hydrogen) atoms. The van der Waals surface area contributed by atoms with Gasteiger partial charge in [0.15, 0.2) is 5.82 Å². The van der Waals surface area contributed by atoms with Gasteiger partial charge in [-0.25, -0.2) is 9.97 Å². The molecule has 2 aromatic carbocycles. The Balaban J connectivity index is 1.39. The van der Waals surface area contributed by atoms with Crippen molar-refractivity contribution < 1.29 is 14.6 Å². The van der Waals surface area contributed by atoms with Gasteiger partial charge >= 0.3 is 0 Å². The summed E-state index contributed by atoms with van der Waals surface area (Å²) in [6, 6.07) is 11.6. The molecule has 2 aromatic heterocycles. The Labute approximate surface area is 267 Å². The Morgan fingerprint density at radius 3 is 2.58 bits per heavy atom. The second-order valence-electron chi connectivity index (χ2n) is 10.9. The van der Waals surface area contributed by atoms with Gasteiger partial charge in [-0.15, -0.1) is 0 Å². The van der Waals surface area contributed by atoms with Crippen LogP contribution >= 0.6 is 11.6 Å². The van der Waals surface area contributed by atoms with E-state index in [1.807, 2.05) is 48.1 Å². The highest BCUT2D eigenvalue weighted by atomic mass is 35.5. The first-order chi connectivity index (χ1) is 21.7. The molecule has 0 saturated carbocycles. The number of ether oxygens (including phenoxy) is 1. The summed E-state index contributed by atoms with van der Waals surface area (Å²) in [5.74, 6) is 1.64. The van der Waals surface area contributed by atoms with Crippen LogP contribution in [0.3, 0.4) is 0 Å². The fourth-order valence-corrected chi connectivity index (χ4v) is 5.18. The van der Waals surface area contributed by atoms with Crippen molar-refractivity contribution in [3.05, 3.63) is 84.1 Å². The number of aryl methyl sites for hydroxylation is 1. The Hall–Kier alpha value is -4.65. The molecule has 236 valence electrons. The number of nitrogens with zero attached hydrogens (tertiary/aromatic N) is 6. The molecule has 0 spiro atoms. The standard InChI is InChI=1S/C32H38ClN9O3/c1-5-30(44)36-26-17-25(22(19-43)16-27(26)42-14-12-41(13-15-42)21(2)3)38-32-35-18-23(33)31(39-32)37-24-8-6-7-9-28(24)45-20-29-34-10-11-40(29)4/h5-11,16-18,21,43H,1,12-15,19-20H2,2-4H3,(H,36,44)(H2,35,37,38,39). The molecule has 5 rings (SSSR count). The van der Waals surface area contributed by atoms with E-state index in [4.69, 9.17) is 16.3 Å². The van der Waals surface area contributed by atoms with E-state index in [0.29, 0.717) is 45.3 Å². The molecule has 0 unspecified atom stereocenters. The Morgan fingerprint density at radius 2 is 1.89 bits per heavy atom. The summed E-state index contributed by atoms with van der Waals surface area (Å²) in [4.78, 5) is 30.3. The van der Waals surface area contributed by atoms with Crippen molar-refractivity contribution in [1.29, 1.82) is 0 Å². The molecule has 1 fully saturated rings. The van der Waals surface area contributed by atoms with Crippen molar-refractivity contribution in [1.82, 2.24) is 24.4 Å². The molecule has 3 heterocycles. The molecule has 13 heteroatoms. The van der Waals surface area contributed by atoms with Crippen LogP contribution in [-0.2, 0) is 25.1 Å². The van der Waals surface area contributed by atoms with Crippen molar-refractivity contribution in [2.75, 3.05) is 47.0 Å². The molecule has 0 radical (unpaired) electrons. The van der Waals surface area contributed by atoms with Gasteiger partial charge in [-0.1, -0.05) is 30.3 Å². The van der Waals surface area contributed by atoms with Gasteiger partial charge in [0.2, 0.25) is 11.9 Å². The fraction of sp³-hybridized carbons (Fsp3) is 0.312. The minimum Gasteiger partial charge on any atom is -0.484 e. The summed E-state index contributed by atoms with van der Waals surface area (Å²) >= 11 is 6.50. The molecule has 0 bridgehead atoms. The van der Waals surface area contributed by atoms with E-state index >= 15 is 0 Å². The van der Waals surface area contributed by atoms with Crippen LogP contribution in [-0.4, -0.2) is 67.7 Å². The van der Waals surface area contributed by atoms with Crippen molar-refractivity contribution in [2.45, 2.75) is 33.1 Å². The molecular formula is C32H38ClN9O3. The van der Waals surface area contributed by atoms with Crippen LogP contribution in [0, 0.1) is 0 Å². The normalized spacial score (nSPS) is 13.5. The van der Waals surface area contributed by atoms with E-state index in [-0.39, 0.29) is 25.1 Å². The monoisotopic (exact) mass is 631 g/mol. The summed E-state index contributed by atoms with van der Waals surface area (Å²) in [6.07, 6.45) is 6.29. The average Bonchev–Trinajstić information content (AvgIpc) is 3.46. The highest BCUT2D eigenvalue weighted by Gasteiger charge is 2.23. The van der Waals surface area contributed by atoms with Crippen molar-refractivity contribution in [3.63, 3.8) is 0 Å². The molecular weight excluding hydrogens is 594 g/mol. The first-order valence-electron chi connectivity index (χ1n) is 14.7. The molecule has 1 saturated heterocycles. The summed E-state index contributed by atoms with van der Waals surface area (Å²) in [7, 11) is 1.91. The van der Waals surface area contributed by atoms with E-state index in [0.717, 1.165) is 37.7 Å². The zero-order valence-electron chi connectivity index (χ0n) is 25.6. The van der Waals surface area contributed by atoms with Crippen molar-refractivity contribution in [2.24, 2.45) is 7.05 Å². The topological polar surface area (TPSA) is 133 Å². The van der Waals surface area contributed by atoms with Gasteiger partial charge in [0, 0.05) is 62.9 Å². The summed E-state index contributed by atoms with van der Waals surface area (Å²) in [5.41, 5.74) is 3.22. The van der Waals surface area contributed by atoms with Crippen LogP contribution in [0.1, 0.15) is 25.2 Å². The van der Waals surface area contributed by atoms with Gasteiger partial charge in [-0.2, -0.15) is 4.98 Å². The second-order valence-corrected chi connectivity index (χ2v) is 11.3. The average molecular weight is 632 g/mol. The number of halogens is 1. The summed E-state index contributed by atoms with van der Waals surface area (Å²) in [5, 5.41) is 20.0. The number of aliphatic hydroxyl groups excluding tert-OH is 1. The number of rotatable bonds is 12. The molecule has 0 atom stereocenters. The first-order valence-corrected chi connectivity index (χ1v) is 15.1. The molecule has 12 nitrogen and oxygen atoms in total. The van der Waals surface area contributed by atoms with Crippen LogP contribution < -0.4 is 25.6 Å². The first kappa shape index (κ1) is 31.8. The number of aromatic nitrogens is 4. The van der Waals surface area contributed by atoms with Crippen LogP contribution in [0.2, 0.25) is 5.02 Å². The van der Waals surface area contributed by atoms with Gasteiger partial charge in [-0.3, -0.25) is 9.69 Å². The maximum Gasteiger partial charge on any atom is 0.247 e. The van der Waals surface area contributed by atoms with E-state index in [1.165, 1.54) is 12.3 Å². The second kappa shape index (κ2) is 14.4. The number of para-hydroxylation sites is 2. The lowest BCUT2D eigenvalue weighted by molar-refractivity contribution is -0.111. The third kappa shape index (κ3) is 7.72. The molecule has 4 aromatic rings. The smallest absolute Gasteiger partial charge is 0.247 e. The molecule has 1 amide bonds. The quantitative estimate of drug-likeness (QED) is 0.157. The van der Waals surface area contributed by atoms with Gasteiger partial charge in [0.25, 0.3) is 0 Å². The number of carbonyl (C=O) groups is 1. The van der Waals surface area contributed by atoms with Crippen LogP contribution in [0.15, 0.2) is 67.6 Å². The van der Waals surface area contributed by atoms with E-state index in [1.54, 1.807) is 12.3 Å². The molecule has 1 aliphatic rings. The third-order valence-electron chi connectivity index (χ3n) is 7.63. The summed E-state index contributed by atoms with van der Waals surface area (Å²) in [6.45, 7) is 11.4. The predicted octanol–water partition coefficient (Wildman–Crippen LogP) is 5.08. The largest absolute Gasteiger partial charge is 0.484 e. The number of hydrogen-bond acceptors (Lipinski definition) is 10. The maximum atomic E-state index is 12.4. The predicted molar refractivity (Wildman–Crippen MR) is 178 cm³/mol. The number of anilines is 6. The van der Waals surface area contributed by atoms with Gasteiger partial charge in [0.1, 0.15) is 23.2 Å². The van der Waals surface area contributed by atoms with Crippen LogP contribution in [0.4, 0.5) is 34.5 Å². The molecule has 4 N–H and O–H groups in total. The van der Waals surface area contributed by atoms with Crippen LogP contribution in [0.25, 0.3) is 0 Å². The van der Waals surface area contributed by atoms with Crippen molar-refractivity contribution >= 4 is 52.0 Å². The zero-order chi connectivity index (χ0) is 31.9. The molecule has 0 aliphatic carbocycles. The SMILES string of the molecule is C=CC(=O)Nc1cc(Nc2ncc(Cl)c(Nc3ccccc3OCc3nccn3C)n2)c(CO)cc1N1CCN(C(C)C)CC1. The van der Waals surface area contributed by atoms with Gasteiger partial charge < -0.3 is 35.3 Å². The Kier molecular flexibility index (Phi) is 10.2. The minimum atomic E-state index is -0.335. The number of aliphatic hydroxyl groups is 1. The minimum absolute atomic E-state index is 0.238. The Bertz CT molecular complexity index is 1650. The highest BCUT2D eigenvalue weighted by Crippen LogP contribution is 2.36. The number of hydrogen-bond donors (Lipinski definition) is 4. The van der Waals surface area contributed by atoms with E-state index in [9.17, 15) is 9.90 Å².